The van der Waals surface area contributed by atoms with Gasteiger partial charge in [-0.1, -0.05) is 25.1 Å². The van der Waals surface area contributed by atoms with Crippen LogP contribution in [0.3, 0.4) is 0 Å². The molecule has 1 unspecified atom stereocenters. The minimum absolute atomic E-state index is 0.291. The molecule has 3 nitrogen and oxygen atoms in total. The zero-order valence-corrected chi connectivity index (χ0v) is 11.0. The molecule has 0 aromatic heterocycles. The average Bonchev–Trinajstić information content (AvgIpc) is 2.43. The van der Waals surface area contributed by atoms with Crippen LogP contribution in [0.1, 0.15) is 32.6 Å². The average molecular weight is 246 g/mol. The van der Waals surface area contributed by atoms with Gasteiger partial charge in [0.25, 0.3) is 0 Å². The summed E-state index contributed by atoms with van der Waals surface area (Å²) in [6.45, 7) is 3.54. The van der Waals surface area contributed by atoms with Crippen molar-refractivity contribution in [3.8, 4) is 6.07 Å². The second kappa shape index (κ2) is 8.54. The van der Waals surface area contributed by atoms with E-state index in [1.165, 1.54) is 0 Å². The summed E-state index contributed by atoms with van der Waals surface area (Å²) in [6.07, 6.45) is 2.99. The number of hydrogen-bond acceptors (Lipinski definition) is 3. The van der Waals surface area contributed by atoms with Crippen LogP contribution in [0.4, 0.5) is 5.69 Å². The van der Waals surface area contributed by atoms with Gasteiger partial charge in [0.2, 0.25) is 0 Å². The molecule has 0 saturated heterocycles. The molecule has 1 atom stereocenters. The Morgan fingerprint density at radius 2 is 2.00 bits per heavy atom. The third kappa shape index (κ3) is 5.20. The van der Waals surface area contributed by atoms with E-state index in [1.54, 1.807) is 0 Å². The number of nitriles is 1. The maximum atomic E-state index is 9.80. The first-order chi connectivity index (χ1) is 8.77. The van der Waals surface area contributed by atoms with Gasteiger partial charge in [-0.05, 0) is 31.4 Å². The Morgan fingerprint density at radius 3 is 2.61 bits per heavy atom. The zero-order chi connectivity index (χ0) is 13.2. The summed E-state index contributed by atoms with van der Waals surface area (Å²) in [5.41, 5.74) is 1.14. The monoisotopic (exact) mass is 246 g/mol. The summed E-state index contributed by atoms with van der Waals surface area (Å²) in [5, 5.41) is 18.3. The lowest BCUT2D eigenvalue weighted by atomic mass is 10.2. The predicted molar refractivity (Wildman–Crippen MR) is 74.4 cm³/mol. The predicted octanol–water partition coefficient (Wildman–Crippen LogP) is 2.96. The van der Waals surface area contributed by atoms with Crippen molar-refractivity contribution in [2.24, 2.45) is 0 Å². The van der Waals surface area contributed by atoms with Gasteiger partial charge in [-0.25, -0.2) is 0 Å². The molecule has 18 heavy (non-hydrogen) atoms. The van der Waals surface area contributed by atoms with Crippen molar-refractivity contribution in [1.82, 2.24) is 0 Å². The highest BCUT2D eigenvalue weighted by Gasteiger charge is 2.10. The summed E-state index contributed by atoms with van der Waals surface area (Å²) in [6, 6.07) is 12.3. The molecule has 0 aliphatic carbocycles. The van der Waals surface area contributed by atoms with E-state index >= 15 is 0 Å². The fourth-order valence-corrected chi connectivity index (χ4v) is 1.85. The second-order valence-corrected chi connectivity index (χ2v) is 4.46. The van der Waals surface area contributed by atoms with Crippen molar-refractivity contribution < 1.29 is 5.11 Å². The van der Waals surface area contributed by atoms with E-state index in [0.29, 0.717) is 13.0 Å². The normalized spacial score (nSPS) is 11.8. The number of anilines is 1. The van der Waals surface area contributed by atoms with E-state index in [-0.39, 0.29) is 6.10 Å². The van der Waals surface area contributed by atoms with Crippen molar-refractivity contribution in [2.45, 2.75) is 38.7 Å². The van der Waals surface area contributed by atoms with Gasteiger partial charge < -0.3 is 10.0 Å². The van der Waals surface area contributed by atoms with Gasteiger partial charge >= 0.3 is 0 Å². The lowest BCUT2D eigenvalue weighted by molar-refractivity contribution is 0.175. The number of hydrogen-bond donors (Lipinski definition) is 1. The molecular weight excluding hydrogens is 224 g/mol. The van der Waals surface area contributed by atoms with Crippen molar-refractivity contribution in [2.75, 3.05) is 18.0 Å². The van der Waals surface area contributed by atoms with Gasteiger partial charge in [-0.3, -0.25) is 0 Å². The molecule has 3 heteroatoms. The molecule has 0 bridgehead atoms. The molecule has 0 radical (unpaired) electrons. The zero-order valence-electron chi connectivity index (χ0n) is 11.0. The Hall–Kier alpha value is -1.53. The van der Waals surface area contributed by atoms with Crippen LogP contribution in [-0.2, 0) is 0 Å². The summed E-state index contributed by atoms with van der Waals surface area (Å²) < 4.78 is 0. The van der Waals surface area contributed by atoms with Gasteiger partial charge in [0.15, 0.2) is 0 Å². The summed E-state index contributed by atoms with van der Waals surface area (Å²) >= 11 is 0. The number of unbranched alkanes of at least 4 members (excludes halogenated alkanes) is 2. The smallest absolute Gasteiger partial charge is 0.0712 e. The van der Waals surface area contributed by atoms with Crippen LogP contribution in [0.5, 0.6) is 0 Å². The van der Waals surface area contributed by atoms with Gasteiger partial charge in [0.1, 0.15) is 0 Å². The summed E-state index contributed by atoms with van der Waals surface area (Å²) in [7, 11) is 0. The Labute approximate surface area is 110 Å². The molecule has 98 valence electrons. The first-order valence-electron chi connectivity index (χ1n) is 6.63. The van der Waals surface area contributed by atoms with Gasteiger partial charge in [-0.15, -0.1) is 0 Å². The molecule has 0 heterocycles. The standard InChI is InChI=1S/C15H22N2O/c1-2-15(18)13-17(12-8-4-7-11-16)14-9-5-3-6-10-14/h3,5-6,9-10,15,18H,2,4,7-8,12-13H2,1H3. The third-order valence-electron chi connectivity index (χ3n) is 2.99. The quantitative estimate of drug-likeness (QED) is 0.717. The highest BCUT2D eigenvalue weighted by Crippen LogP contribution is 2.15. The van der Waals surface area contributed by atoms with Crippen LogP contribution in [0.25, 0.3) is 0 Å². The van der Waals surface area contributed by atoms with E-state index < -0.39 is 0 Å². The summed E-state index contributed by atoms with van der Waals surface area (Å²) in [5.74, 6) is 0. The van der Waals surface area contributed by atoms with E-state index in [2.05, 4.69) is 23.1 Å². The van der Waals surface area contributed by atoms with Crippen molar-refractivity contribution >= 4 is 5.69 Å². The fourth-order valence-electron chi connectivity index (χ4n) is 1.85. The molecular formula is C15H22N2O. The summed E-state index contributed by atoms with van der Waals surface area (Å²) in [4.78, 5) is 2.20. The first-order valence-corrected chi connectivity index (χ1v) is 6.63. The van der Waals surface area contributed by atoms with Crippen LogP contribution >= 0.6 is 0 Å². The van der Waals surface area contributed by atoms with Crippen LogP contribution in [0, 0.1) is 11.3 Å². The van der Waals surface area contributed by atoms with Crippen LogP contribution in [0.2, 0.25) is 0 Å². The van der Waals surface area contributed by atoms with Gasteiger partial charge in [0.05, 0.1) is 12.2 Å². The Bertz CT molecular complexity index is 359. The Kier molecular flexibility index (Phi) is 6.90. The second-order valence-electron chi connectivity index (χ2n) is 4.46. The molecule has 0 aliphatic heterocycles. The lowest BCUT2D eigenvalue weighted by Crippen LogP contribution is -2.33. The molecule has 0 aliphatic rings. The SMILES string of the molecule is CCC(O)CN(CCCCC#N)c1ccccc1. The van der Waals surface area contributed by atoms with Crippen LogP contribution in [0.15, 0.2) is 30.3 Å². The van der Waals surface area contributed by atoms with Gasteiger partial charge in [0, 0.05) is 25.2 Å². The molecule has 1 N–H and O–H groups in total. The number of rotatable bonds is 8. The number of nitrogens with zero attached hydrogens (tertiary/aromatic N) is 2. The highest BCUT2D eigenvalue weighted by atomic mass is 16.3. The van der Waals surface area contributed by atoms with E-state index in [0.717, 1.165) is 31.5 Å². The molecule has 0 spiro atoms. The lowest BCUT2D eigenvalue weighted by Gasteiger charge is -2.27. The van der Waals surface area contributed by atoms with Crippen LogP contribution in [-0.4, -0.2) is 24.3 Å². The molecule has 1 rings (SSSR count). The van der Waals surface area contributed by atoms with Crippen LogP contribution < -0.4 is 4.90 Å². The molecule has 1 aromatic rings. The minimum atomic E-state index is -0.291. The Balaban J connectivity index is 2.55. The topological polar surface area (TPSA) is 47.3 Å². The number of aliphatic hydroxyl groups is 1. The molecule has 1 aromatic carbocycles. The third-order valence-corrected chi connectivity index (χ3v) is 2.99. The molecule has 0 amide bonds. The van der Waals surface area contributed by atoms with E-state index in [1.807, 2.05) is 25.1 Å². The van der Waals surface area contributed by atoms with Gasteiger partial charge in [-0.2, -0.15) is 5.26 Å². The van der Waals surface area contributed by atoms with E-state index in [9.17, 15) is 5.11 Å². The van der Waals surface area contributed by atoms with Crippen molar-refractivity contribution in [3.63, 3.8) is 0 Å². The molecule has 0 fully saturated rings. The largest absolute Gasteiger partial charge is 0.391 e. The first kappa shape index (κ1) is 14.5. The van der Waals surface area contributed by atoms with Crippen molar-refractivity contribution in [1.29, 1.82) is 5.26 Å². The molecule has 0 saturated carbocycles. The number of aliphatic hydroxyl groups excluding tert-OH is 1. The van der Waals surface area contributed by atoms with E-state index in [4.69, 9.17) is 5.26 Å². The van der Waals surface area contributed by atoms with Crippen molar-refractivity contribution in [3.05, 3.63) is 30.3 Å². The maximum Gasteiger partial charge on any atom is 0.0712 e. The number of para-hydroxylation sites is 1. The fraction of sp³-hybridized carbons (Fsp3) is 0.533. The number of benzene rings is 1. The Morgan fingerprint density at radius 1 is 1.28 bits per heavy atom. The minimum Gasteiger partial charge on any atom is -0.391 e. The highest BCUT2D eigenvalue weighted by molar-refractivity contribution is 5.45. The maximum absolute atomic E-state index is 9.80.